The minimum absolute atomic E-state index is 0.0470. The van der Waals surface area contributed by atoms with Gasteiger partial charge in [0.15, 0.2) is 0 Å². The van der Waals surface area contributed by atoms with Crippen LogP contribution in [0.3, 0.4) is 0 Å². The lowest BCUT2D eigenvalue weighted by Gasteiger charge is -2.06. The molecule has 0 radical (unpaired) electrons. The van der Waals surface area contributed by atoms with Crippen molar-refractivity contribution in [2.75, 3.05) is 19.0 Å². The number of nitrogens with one attached hydrogen (secondary N) is 1. The van der Waals surface area contributed by atoms with Gasteiger partial charge in [0.1, 0.15) is 11.6 Å². The number of methoxy groups -OCH3 is 1. The summed E-state index contributed by atoms with van der Waals surface area (Å²) in [7, 11) is 1.52. The first-order chi connectivity index (χ1) is 7.11. The number of hydrogen-bond acceptors (Lipinski definition) is 5. The van der Waals surface area contributed by atoms with Gasteiger partial charge < -0.3 is 15.2 Å². The molecule has 0 aliphatic heterocycles. The standard InChI is InChI=1S/C9H13N3O3/c1-6-11-7(5-8(12-6)15-2)10-4-3-9(13)14/h5H,3-4H2,1-2H3,(H,13,14)(H,10,11,12). The van der Waals surface area contributed by atoms with Gasteiger partial charge in [0, 0.05) is 12.6 Å². The van der Waals surface area contributed by atoms with Crippen molar-refractivity contribution in [3.8, 4) is 5.88 Å². The topological polar surface area (TPSA) is 84.3 Å². The molecule has 0 atom stereocenters. The van der Waals surface area contributed by atoms with Crippen LogP contribution in [0.25, 0.3) is 0 Å². The average Bonchev–Trinajstić information content (AvgIpc) is 2.16. The van der Waals surface area contributed by atoms with Crippen molar-refractivity contribution in [2.45, 2.75) is 13.3 Å². The van der Waals surface area contributed by atoms with Gasteiger partial charge in [0.05, 0.1) is 13.5 Å². The number of aryl methyl sites for hydroxylation is 1. The second-order valence-corrected chi connectivity index (χ2v) is 2.91. The highest BCUT2D eigenvalue weighted by molar-refractivity contribution is 5.67. The number of carboxylic acid groups (broad SMARTS) is 1. The number of nitrogens with zero attached hydrogens (tertiary/aromatic N) is 2. The molecular weight excluding hydrogens is 198 g/mol. The van der Waals surface area contributed by atoms with Crippen LogP contribution in [-0.4, -0.2) is 34.7 Å². The van der Waals surface area contributed by atoms with E-state index in [9.17, 15) is 4.79 Å². The van der Waals surface area contributed by atoms with Gasteiger partial charge in [-0.3, -0.25) is 4.79 Å². The zero-order chi connectivity index (χ0) is 11.3. The van der Waals surface area contributed by atoms with Crippen molar-refractivity contribution >= 4 is 11.8 Å². The highest BCUT2D eigenvalue weighted by atomic mass is 16.5. The molecule has 0 fully saturated rings. The number of rotatable bonds is 5. The molecule has 0 aliphatic carbocycles. The predicted molar refractivity (Wildman–Crippen MR) is 54.1 cm³/mol. The first-order valence-electron chi connectivity index (χ1n) is 4.47. The van der Waals surface area contributed by atoms with Crippen LogP contribution >= 0.6 is 0 Å². The monoisotopic (exact) mass is 211 g/mol. The number of aromatic nitrogens is 2. The van der Waals surface area contributed by atoms with Gasteiger partial charge in [-0.05, 0) is 6.92 Å². The third kappa shape index (κ3) is 3.80. The second-order valence-electron chi connectivity index (χ2n) is 2.91. The average molecular weight is 211 g/mol. The smallest absolute Gasteiger partial charge is 0.305 e. The van der Waals surface area contributed by atoms with Crippen LogP contribution in [0.1, 0.15) is 12.2 Å². The molecule has 0 aromatic carbocycles. The van der Waals surface area contributed by atoms with Crippen LogP contribution in [0.4, 0.5) is 5.82 Å². The number of ether oxygens (including phenoxy) is 1. The van der Waals surface area contributed by atoms with Crippen molar-refractivity contribution in [1.29, 1.82) is 0 Å². The van der Waals surface area contributed by atoms with Gasteiger partial charge in [0.2, 0.25) is 5.88 Å². The Labute approximate surface area is 87.3 Å². The number of carboxylic acids is 1. The molecule has 0 spiro atoms. The zero-order valence-electron chi connectivity index (χ0n) is 8.65. The predicted octanol–water partition coefficient (Wildman–Crippen LogP) is 0.680. The van der Waals surface area contributed by atoms with Crippen molar-refractivity contribution in [1.82, 2.24) is 9.97 Å². The highest BCUT2D eigenvalue weighted by Crippen LogP contribution is 2.12. The highest BCUT2D eigenvalue weighted by Gasteiger charge is 2.02. The van der Waals surface area contributed by atoms with E-state index in [-0.39, 0.29) is 6.42 Å². The maximum absolute atomic E-state index is 10.3. The van der Waals surface area contributed by atoms with Gasteiger partial charge >= 0.3 is 5.97 Å². The zero-order valence-corrected chi connectivity index (χ0v) is 8.65. The molecule has 0 amide bonds. The Morgan fingerprint density at radius 2 is 2.33 bits per heavy atom. The Morgan fingerprint density at radius 3 is 2.93 bits per heavy atom. The molecule has 0 saturated carbocycles. The van der Waals surface area contributed by atoms with Gasteiger partial charge in [0.25, 0.3) is 0 Å². The second kappa shape index (κ2) is 5.14. The van der Waals surface area contributed by atoms with E-state index in [0.29, 0.717) is 24.1 Å². The van der Waals surface area contributed by atoms with Crippen LogP contribution < -0.4 is 10.1 Å². The first kappa shape index (κ1) is 11.2. The summed E-state index contributed by atoms with van der Waals surface area (Å²) in [6.07, 6.45) is 0.0470. The largest absolute Gasteiger partial charge is 0.481 e. The van der Waals surface area contributed by atoms with Crippen LogP contribution in [-0.2, 0) is 4.79 Å². The number of carbonyl (C=O) groups is 1. The third-order valence-electron chi connectivity index (χ3n) is 1.67. The molecule has 6 nitrogen and oxygen atoms in total. The molecule has 0 aliphatic rings. The summed E-state index contributed by atoms with van der Waals surface area (Å²) < 4.78 is 4.96. The van der Waals surface area contributed by atoms with E-state index < -0.39 is 5.97 Å². The maximum atomic E-state index is 10.3. The fraction of sp³-hybridized carbons (Fsp3) is 0.444. The van der Waals surface area contributed by atoms with Gasteiger partial charge in [-0.1, -0.05) is 0 Å². The first-order valence-corrected chi connectivity index (χ1v) is 4.47. The molecule has 0 bridgehead atoms. The number of anilines is 1. The van der Waals surface area contributed by atoms with Crippen molar-refractivity contribution in [3.05, 3.63) is 11.9 Å². The summed E-state index contributed by atoms with van der Waals surface area (Å²) in [5, 5.41) is 11.3. The molecule has 1 rings (SSSR count). The van der Waals surface area contributed by atoms with Crippen LogP contribution in [0.2, 0.25) is 0 Å². The number of aliphatic carboxylic acids is 1. The van der Waals surface area contributed by atoms with Crippen LogP contribution in [0.5, 0.6) is 5.88 Å². The lowest BCUT2D eigenvalue weighted by atomic mass is 10.4. The summed E-state index contributed by atoms with van der Waals surface area (Å²) >= 11 is 0. The SMILES string of the molecule is COc1cc(NCCC(=O)O)nc(C)n1. The molecule has 1 heterocycles. The normalized spacial score (nSPS) is 9.73. The summed E-state index contributed by atoms with van der Waals surface area (Å²) in [5.41, 5.74) is 0. The van der Waals surface area contributed by atoms with Gasteiger partial charge in [-0.2, -0.15) is 4.98 Å². The molecule has 15 heavy (non-hydrogen) atoms. The Morgan fingerprint density at radius 1 is 1.60 bits per heavy atom. The fourth-order valence-corrected chi connectivity index (χ4v) is 1.03. The minimum Gasteiger partial charge on any atom is -0.481 e. The van der Waals surface area contributed by atoms with E-state index >= 15 is 0 Å². The van der Waals surface area contributed by atoms with Gasteiger partial charge in [-0.15, -0.1) is 0 Å². The molecule has 2 N–H and O–H groups in total. The molecule has 1 aromatic rings. The molecule has 82 valence electrons. The van der Waals surface area contributed by atoms with E-state index in [1.165, 1.54) is 7.11 Å². The minimum atomic E-state index is -0.847. The Bertz CT molecular complexity index is 354. The summed E-state index contributed by atoms with van der Waals surface area (Å²) in [6.45, 7) is 2.07. The quantitative estimate of drug-likeness (QED) is 0.745. The number of hydrogen-bond donors (Lipinski definition) is 2. The van der Waals surface area contributed by atoms with E-state index in [4.69, 9.17) is 9.84 Å². The molecule has 0 saturated heterocycles. The Kier molecular flexibility index (Phi) is 3.84. The summed E-state index contributed by atoms with van der Waals surface area (Å²) in [5.74, 6) is 0.758. The third-order valence-corrected chi connectivity index (χ3v) is 1.67. The lowest BCUT2D eigenvalue weighted by molar-refractivity contribution is -0.136. The van der Waals surface area contributed by atoms with Crippen molar-refractivity contribution in [2.24, 2.45) is 0 Å². The van der Waals surface area contributed by atoms with Crippen molar-refractivity contribution < 1.29 is 14.6 Å². The summed E-state index contributed by atoms with van der Waals surface area (Å²) in [4.78, 5) is 18.4. The van der Waals surface area contributed by atoms with Crippen LogP contribution in [0.15, 0.2) is 6.07 Å². The maximum Gasteiger partial charge on any atom is 0.305 e. The van der Waals surface area contributed by atoms with Gasteiger partial charge in [-0.25, -0.2) is 4.98 Å². The molecule has 1 aromatic heterocycles. The summed E-state index contributed by atoms with van der Waals surface area (Å²) in [6, 6.07) is 1.62. The van der Waals surface area contributed by atoms with Crippen molar-refractivity contribution in [3.63, 3.8) is 0 Å². The molecule has 0 unspecified atom stereocenters. The lowest BCUT2D eigenvalue weighted by Crippen LogP contribution is -2.09. The fourth-order valence-electron chi connectivity index (χ4n) is 1.03. The van der Waals surface area contributed by atoms with E-state index in [0.717, 1.165) is 0 Å². The molecular formula is C9H13N3O3. The van der Waals surface area contributed by atoms with Crippen LogP contribution in [0, 0.1) is 6.92 Å². The molecule has 6 heteroatoms. The van der Waals surface area contributed by atoms with E-state index in [1.807, 2.05) is 0 Å². The van der Waals surface area contributed by atoms with E-state index in [1.54, 1.807) is 13.0 Å². The van der Waals surface area contributed by atoms with E-state index in [2.05, 4.69) is 15.3 Å². The Hall–Kier alpha value is -1.85. The Balaban J connectivity index is 2.60.